The maximum absolute atomic E-state index is 12.3. The highest BCUT2D eigenvalue weighted by Crippen LogP contribution is 2.20. The van der Waals surface area contributed by atoms with Crippen LogP contribution in [0.25, 0.3) is 0 Å². The first kappa shape index (κ1) is 17.2. The maximum Gasteiger partial charge on any atom is 0.240 e. The van der Waals surface area contributed by atoms with Gasteiger partial charge < -0.3 is 4.74 Å². The highest BCUT2D eigenvalue weighted by atomic mass is 32.2. The van der Waals surface area contributed by atoms with E-state index in [9.17, 15) is 12.6 Å². The summed E-state index contributed by atoms with van der Waals surface area (Å²) in [5.74, 6) is 1.89. The Hall–Kier alpha value is -1.12. The summed E-state index contributed by atoms with van der Waals surface area (Å²) in [6.45, 7) is 2.12. The van der Waals surface area contributed by atoms with Crippen molar-refractivity contribution in [3.8, 4) is 5.75 Å². The summed E-state index contributed by atoms with van der Waals surface area (Å²) in [5.41, 5.74) is 0.616. The van der Waals surface area contributed by atoms with Crippen LogP contribution in [0.15, 0.2) is 27.5 Å². The molecule has 0 aliphatic carbocycles. The van der Waals surface area contributed by atoms with Gasteiger partial charge in [0.25, 0.3) is 0 Å². The Labute approximate surface area is 132 Å². The van der Waals surface area contributed by atoms with Crippen molar-refractivity contribution in [2.24, 2.45) is 4.36 Å². The van der Waals surface area contributed by atoms with E-state index in [1.165, 1.54) is 13.2 Å². The molecule has 22 heavy (non-hydrogen) atoms. The largest absolute Gasteiger partial charge is 0.497 e. The van der Waals surface area contributed by atoms with E-state index in [1.807, 2.05) is 0 Å². The zero-order valence-electron chi connectivity index (χ0n) is 12.9. The lowest BCUT2D eigenvalue weighted by Crippen LogP contribution is -2.27. The van der Waals surface area contributed by atoms with E-state index in [1.54, 1.807) is 19.1 Å². The molecule has 0 saturated carbocycles. The second-order valence-electron chi connectivity index (χ2n) is 5.27. The van der Waals surface area contributed by atoms with Crippen molar-refractivity contribution in [2.75, 3.05) is 31.7 Å². The predicted octanol–water partition coefficient (Wildman–Crippen LogP) is 1.54. The molecule has 1 aromatic rings. The van der Waals surface area contributed by atoms with Gasteiger partial charge in [-0.1, -0.05) is 0 Å². The summed E-state index contributed by atoms with van der Waals surface area (Å²) in [5, 5.41) is 0. The molecule has 1 N–H and O–H groups in total. The third-order valence-corrected chi connectivity index (χ3v) is 7.71. The lowest BCUT2D eigenvalue weighted by molar-refractivity contribution is 0.414. The molecule has 0 atom stereocenters. The van der Waals surface area contributed by atoms with E-state index in [2.05, 4.69) is 9.08 Å². The van der Waals surface area contributed by atoms with Crippen molar-refractivity contribution in [3.05, 3.63) is 23.8 Å². The number of hydrogen-bond acceptors (Lipinski definition) is 5. The molecule has 1 saturated heterocycles. The van der Waals surface area contributed by atoms with Crippen LogP contribution in [0.4, 0.5) is 0 Å². The van der Waals surface area contributed by atoms with E-state index >= 15 is 0 Å². The van der Waals surface area contributed by atoms with E-state index in [4.69, 9.17) is 4.74 Å². The lowest BCUT2D eigenvalue weighted by Gasteiger charge is -2.10. The number of aryl methyl sites for hydroxylation is 1. The second kappa shape index (κ2) is 6.97. The van der Waals surface area contributed by atoms with Crippen LogP contribution in [0, 0.1) is 6.92 Å². The summed E-state index contributed by atoms with van der Waals surface area (Å²) >= 11 is 0. The zero-order chi connectivity index (χ0) is 16.2. The van der Waals surface area contributed by atoms with Gasteiger partial charge in [-0.3, -0.25) is 0 Å². The van der Waals surface area contributed by atoms with Gasteiger partial charge in [0.05, 0.1) is 18.6 Å². The van der Waals surface area contributed by atoms with Crippen LogP contribution in [0.1, 0.15) is 18.4 Å². The molecule has 1 fully saturated rings. The smallest absolute Gasteiger partial charge is 0.240 e. The van der Waals surface area contributed by atoms with Gasteiger partial charge in [-0.2, -0.15) is 0 Å². The Bertz CT molecular complexity index is 738. The highest BCUT2D eigenvalue weighted by molar-refractivity contribution is 7.93. The topological polar surface area (TPSA) is 84.8 Å². The summed E-state index contributed by atoms with van der Waals surface area (Å²) in [7, 11) is -4.13. The number of nitrogens with zero attached hydrogens (tertiary/aromatic N) is 1. The third-order valence-electron chi connectivity index (χ3n) is 3.58. The van der Waals surface area contributed by atoms with E-state index in [-0.39, 0.29) is 18.0 Å². The number of nitrogens with one attached hydrogen (secondary N) is 1. The monoisotopic (exact) mass is 346 g/mol. The average Bonchev–Trinajstić information content (AvgIpc) is 2.90. The maximum atomic E-state index is 12.3. The molecule has 2 rings (SSSR count). The zero-order valence-corrected chi connectivity index (χ0v) is 14.5. The average molecular weight is 346 g/mol. The first-order valence-corrected chi connectivity index (χ1v) is 10.5. The van der Waals surface area contributed by atoms with Crippen molar-refractivity contribution in [3.63, 3.8) is 0 Å². The number of methoxy groups -OCH3 is 1. The highest BCUT2D eigenvalue weighted by Gasteiger charge is 2.18. The fourth-order valence-corrected chi connectivity index (χ4v) is 5.85. The van der Waals surface area contributed by atoms with E-state index in [0.29, 0.717) is 22.8 Å². The molecule has 1 aliphatic rings. The van der Waals surface area contributed by atoms with Crippen LogP contribution in [-0.2, 0) is 19.8 Å². The molecule has 1 heterocycles. The molecule has 1 aromatic carbocycles. The van der Waals surface area contributed by atoms with E-state index < -0.39 is 19.8 Å². The summed E-state index contributed by atoms with van der Waals surface area (Å²) in [6.07, 6.45) is 1.89. The van der Waals surface area contributed by atoms with E-state index in [0.717, 1.165) is 12.8 Å². The van der Waals surface area contributed by atoms with Crippen LogP contribution in [-0.4, -0.2) is 44.3 Å². The van der Waals surface area contributed by atoms with Crippen molar-refractivity contribution in [1.29, 1.82) is 0 Å². The molecule has 0 spiro atoms. The van der Waals surface area contributed by atoms with Gasteiger partial charge in [-0.25, -0.2) is 21.7 Å². The number of ether oxygens (including phenoxy) is 1. The molecule has 6 nitrogen and oxygen atoms in total. The van der Waals surface area contributed by atoms with Crippen LogP contribution in [0.5, 0.6) is 5.75 Å². The standard InChI is InChI=1S/C14H22N2O4S2/c1-12-11-13(20-2)5-6-14(12)22(18,19)16-8-7-15-21(17)9-3-4-10-21/h5-6,11,16H,3-4,7-10H2,1-2H3. The molecule has 1 aliphatic heterocycles. The minimum absolute atomic E-state index is 0.158. The quantitative estimate of drug-likeness (QED) is 0.792. The molecule has 0 amide bonds. The van der Waals surface area contributed by atoms with Gasteiger partial charge in [0.2, 0.25) is 10.0 Å². The molecule has 0 aromatic heterocycles. The summed E-state index contributed by atoms with van der Waals surface area (Å²) in [4.78, 5) is 0.221. The SMILES string of the molecule is COc1ccc(S(=O)(=O)NCCN=S2(=O)CCCC2)c(C)c1. The normalized spacial score (nSPS) is 17.4. The lowest BCUT2D eigenvalue weighted by atomic mass is 10.2. The van der Waals surface area contributed by atoms with Gasteiger partial charge in [0.1, 0.15) is 5.75 Å². The number of rotatable bonds is 6. The fourth-order valence-electron chi connectivity index (χ4n) is 2.41. The molecule has 0 bridgehead atoms. The number of sulfonamides is 1. The first-order chi connectivity index (χ1) is 10.4. The number of benzene rings is 1. The Morgan fingerprint density at radius 3 is 2.59 bits per heavy atom. The Morgan fingerprint density at radius 1 is 1.32 bits per heavy atom. The van der Waals surface area contributed by atoms with Gasteiger partial charge >= 0.3 is 0 Å². The third kappa shape index (κ3) is 4.21. The molecular weight excluding hydrogens is 324 g/mol. The van der Waals surface area contributed by atoms with Crippen LogP contribution < -0.4 is 9.46 Å². The minimum Gasteiger partial charge on any atom is -0.497 e. The van der Waals surface area contributed by atoms with Crippen molar-refractivity contribution in [1.82, 2.24) is 4.72 Å². The molecular formula is C14H22N2O4S2. The van der Waals surface area contributed by atoms with Crippen molar-refractivity contribution < 1.29 is 17.4 Å². The van der Waals surface area contributed by atoms with Crippen molar-refractivity contribution in [2.45, 2.75) is 24.7 Å². The number of hydrogen-bond donors (Lipinski definition) is 1. The minimum atomic E-state index is -3.59. The van der Waals surface area contributed by atoms with Crippen LogP contribution in [0.3, 0.4) is 0 Å². The Morgan fingerprint density at radius 2 is 2.00 bits per heavy atom. The van der Waals surface area contributed by atoms with Gasteiger partial charge in [-0.05, 0) is 43.5 Å². The first-order valence-electron chi connectivity index (χ1n) is 7.19. The fraction of sp³-hybridized carbons (Fsp3) is 0.571. The second-order valence-corrected chi connectivity index (χ2v) is 9.63. The van der Waals surface area contributed by atoms with Gasteiger partial charge in [0.15, 0.2) is 0 Å². The van der Waals surface area contributed by atoms with Gasteiger partial charge in [-0.15, -0.1) is 0 Å². The molecule has 0 unspecified atom stereocenters. The van der Waals surface area contributed by atoms with Crippen LogP contribution in [0.2, 0.25) is 0 Å². The molecule has 0 radical (unpaired) electrons. The van der Waals surface area contributed by atoms with Crippen LogP contribution >= 0.6 is 0 Å². The van der Waals surface area contributed by atoms with Crippen molar-refractivity contribution >= 4 is 19.8 Å². The summed E-state index contributed by atoms with van der Waals surface area (Å²) in [6, 6.07) is 4.81. The molecule has 124 valence electrons. The molecule has 8 heteroatoms. The summed E-state index contributed by atoms with van der Waals surface area (Å²) < 4.78 is 48.4. The Balaban J connectivity index is 2.01. The van der Waals surface area contributed by atoms with Gasteiger partial charge in [0, 0.05) is 27.8 Å². The Kier molecular flexibility index (Phi) is 5.46. The predicted molar refractivity (Wildman–Crippen MR) is 87.3 cm³/mol.